The number of carbonyl (C=O) groups is 5. The summed E-state index contributed by atoms with van der Waals surface area (Å²) in [5, 5.41) is 21.3. The topological polar surface area (TPSA) is 166 Å². The van der Waals surface area contributed by atoms with Crippen LogP contribution in [0.2, 0.25) is 0 Å². The minimum Gasteiger partial charge on any atom is -0.480 e. The van der Waals surface area contributed by atoms with Gasteiger partial charge in [-0.05, 0) is 44.7 Å². The third-order valence-corrected chi connectivity index (χ3v) is 4.88. The van der Waals surface area contributed by atoms with E-state index in [2.05, 4.69) is 26.6 Å². The molecule has 0 radical (unpaired) electrons. The molecule has 4 amide bonds. The van der Waals surface area contributed by atoms with E-state index in [4.69, 9.17) is 5.11 Å². The number of aliphatic carboxylic acids is 1. The molecule has 1 rings (SSSR count). The van der Waals surface area contributed by atoms with Crippen molar-refractivity contribution in [2.24, 2.45) is 0 Å². The van der Waals surface area contributed by atoms with Crippen molar-refractivity contribution in [1.29, 1.82) is 0 Å². The molecule has 11 nitrogen and oxygen atoms in total. The van der Waals surface area contributed by atoms with Crippen LogP contribution in [-0.2, 0) is 24.0 Å². The first-order valence-corrected chi connectivity index (χ1v) is 10.7. The van der Waals surface area contributed by atoms with Crippen molar-refractivity contribution in [1.82, 2.24) is 26.6 Å². The van der Waals surface area contributed by atoms with E-state index < -0.39 is 48.9 Å². The van der Waals surface area contributed by atoms with Gasteiger partial charge in [0.05, 0.1) is 12.6 Å². The van der Waals surface area contributed by atoms with Gasteiger partial charge in [0.15, 0.2) is 0 Å². The Morgan fingerprint density at radius 3 is 2.41 bits per heavy atom. The van der Waals surface area contributed by atoms with Crippen LogP contribution in [0.1, 0.15) is 26.2 Å². The molecule has 1 heterocycles. The fourth-order valence-corrected chi connectivity index (χ4v) is 3.09. The lowest BCUT2D eigenvalue weighted by molar-refractivity contribution is -0.138. The lowest BCUT2D eigenvalue weighted by Gasteiger charge is -2.22. The molecule has 0 unspecified atom stereocenters. The Bertz CT molecular complexity index is 611. The van der Waals surface area contributed by atoms with Crippen LogP contribution >= 0.6 is 11.8 Å². The summed E-state index contributed by atoms with van der Waals surface area (Å²) in [5.74, 6) is -2.53. The summed E-state index contributed by atoms with van der Waals surface area (Å²) in [7, 11) is 0. The molecule has 0 aromatic heterocycles. The van der Waals surface area contributed by atoms with Crippen molar-refractivity contribution in [2.45, 2.75) is 44.3 Å². The molecular weight excluding hydrogens is 402 g/mol. The largest absolute Gasteiger partial charge is 0.480 e. The summed E-state index contributed by atoms with van der Waals surface area (Å²) < 4.78 is 0. The minimum absolute atomic E-state index is 0.240. The van der Waals surface area contributed by atoms with Gasteiger partial charge in [-0.1, -0.05) is 0 Å². The van der Waals surface area contributed by atoms with Gasteiger partial charge in [-0.25, -0.2) is 0 Å². The number of amides is 4. The molecule has 3 atom stereocenters. The first kappa shape index (κ1) is 24.7. The van der Waals surface area contributed by atoms with Gasteiger partial charge in [0, 0.05) is 0 Å². The second-order valence-corrected chi connectivity index (χ2v) is 7.60. The van der Waals surface area contributed by atoms with Crippen LogP contribution in [0, 0.1) is 0 Å². The lowest BCUT2D eigenvalue weighted by Crippen LogP contribution is -2.55. The molecule has 6 N–H and O–H groups in total. The van der Waals surface area contributed by atoms with Crippen molar-refractivity contribution in [3.05, 3.63) is 0 Å². The third-order valence-electron chi connectivity index (χ3n) is 4.23. The molecule has 0 aromatic carbocycles. The summed E-state index contributed by atoms with van der Waals surface area (Å²) in [6, 6.07) is -2.02. The Hall–Kier alpha value is -2.34. The number of nitrogens with one attached hydrogen (secondary N) is 5. The van der Waals surface area contributed by atoms with Crippen LogP contribution < -0.4 is 26.6 Å². The van der Waals surface area contributed by atoms with Crippen LogP contribution in [0.5, 0.6) is 0 Å². The average Bonchev–Trinajstić information content (AvgIpc) is 3.22. The first-order chi connectivity index (χ1) is 13.7. The van der Waals surface area contributed by atoms with E-state index in [0.29, 0.717) is 18.6 Å². The second-order valence-electron chi connectivity index (χ2n) is 6.61. The van der Waals surface area contributed by atoms with Gasteiger partial charge in [-0.2, -0.15) is 11.8 Å². The normalized spacial score (nSPS) is 17.7. The molecule has 12 heteroatoms. The molecule has 0 aromatic rings. The highest BCUT2D eigenvalue weighted by atomic mass is 32.2. The second kappa shape index (κ2) is 13.0. The molecule has 0 saturated carbocycles. The van der Waals surface area contributed by atoms with Crippen LogP contribution in [0.25, 0.3) is 0 Å². The molecule has 1 aliphatic rings. The van der Waals surface area contributed by atoms with Crippen LogP contribution in [0.4, 0.5) is 0 Å². The van der Waals surface area contributed by atoms with Crippen molar-refractivity contribution >= 4 is 41.4 Å². The monoisotopic (exact) mass is 431 g/mol. The summed E-state index contributed by atoms with van der Waals surface area (Å²) >= 11 is 1.54. The third kappa shape index (κ3) is 9.61. The van der Waals surface area contributed by atoms with E-state index in [1.165, 1.54) is 18.7 Å². The Labute approximate surface area is 173 Å². The highest BCUT2D eigenvalue weighted by molar-refractivity contribution is 7.98. The Morgan fingerprint density at radius 2 is 1.83 bits per heavy atom. The highest BCUT2D eigenvalue weighted by Gasteiger charge is 2.28. The Kier molecular flexibility index (Phi) is 11.1. The number of carbonyl (C=O) groups excluding carboxylic acids is 4. The summed E-state index contributed by atoms with van der Waals surface area (Å²) in [4.78, 5) is 58.7. The van der Waals surface area contributed by atoms with Crippen molar-refractivity contribution < 1.29 is 29.1 Å². The summed E-state index contributed by atoms with van der Waals surface area (Å²) in [6.07, 6.45) is 3.92. The first-order valence-electron chi connectivity index (χ1n) is 9.33. The maximum atomic E-state index is 12.5. The maximum Gasteiger partial charge on any atom is 0.322 e. The molecule has 29 heavy (non-hydrogen) atoms. The predicted molar refractivity (Wildman–Crippen MR) is 107 cm³/mol. The van der Waals surface area contributed by atoms with Gasteiger partial charge >= 0.3 is 5.97 Å². The molecule has 1 fully saturated rings. The number of carboxylic acids is 1. The fraction of sp³-hybridized carbons (Fsp3) is 0.706. The zero-order chi connectivity index (χ0) is 21.8. The fourth-order valence-electron chi connectivity index (χ4n) is 2.62. The molecule has 0 spiro atoms. The number of thioether (sulfide) groups is 1. The van der Waals surface area contributed by atoms with E-state index in [0.717, 1.165) is 13.0 Å². The number of rotatable bonds is 12. The summed E-state index contributed by atoms with van der Waals surface area (Å²) in [5.41, 5.74) is 0. The SMILES string of the molecule is CSCC[C@H](NC(=O)[C@@H]1CCCN1)C(=O)N[C@@H](C)C(=O)NCC(=O)NCC(=O)O. The van der Waals surface area contributed by atoms with Gasteiger partial charge in [0.25, 0.3) is 0 Å². The van der Waals surface area contributed by atoms with Crippen molar-refractivity contribution in [2.75, 3.05) is 31.6 Å². The van der Waals surface area contributed by atoms with Gasteiger partial charge < -0.3 is 31.7 Å². The molecule has 1 aliphatic heterocycles. The zero-order valence-electron chi connectivity index (χ0n) is 16.6. The predicted octanol–water partition coefficient (Wildman–Crippen LogP) is -2.20. The van der Waals surface area contributed by atoms with Crippen LogP contribution in [0.3, 0.4) is 0 Å². The highest BCUT2D eigenvalue weighted by Crippen LogP contribution is 2.07. The average molecular weight is 432 g/mol. The van der Waals surface area contributed by atoms with E-state index in [1.54, 1.807) is 0 Å². The van der Waals surface area contributed by atoms with Gasteiger partial charge in [0.1, 0.15) is 18.6 Å². The quantitative estimate of drug-likeness (QED) is 0.202. The zero-order valence-corrected chi connectivity index (χ0v) is 17.4. The molecular formula is C17H29N5O6S. The van der Waals surface area contributed by atoms with Crippen LogP contribution in [-0.4, -0.2) is 84.5 Å². The number of hydrogen-bond acceptors (Lipinski definition) is 7. The van der Waals surface area contributed by atoms with Gasteiger partial charge in [-0.3, -0.25) is 24.0 Å². The number of hydrogen-bond donors (Lipinski definition) is 6. The lowest BCUT2D eigenvalue weighted by atomic mass is 10.1. The Morgan fingerprint density at radius 1 is 1.10 bits per heavy atom. The van der Waals surface area contributed by atoms with E-state index in [1.807, 2.05) is 6.26 Å². The van der Waals surface area contributed by atoms with Gasteiger partial charge in [0.2, 0.25) is 23.6 Å². The maximum absolute atomic E-state index is 12.5. The minimum atomic E-state index is -1.20. The van der Waals surface area contributed by atoms with Gasteiger partial charge in [-0.15, -0.1) is 0 Å². The van der Waals surface area contributed by atoms with Crippen molar-refractivity contribution in [3.63, 3.8) is 0 Å². The number of carboxylic acid groups (broad SMARTS) is 1. The summed E-state index contributed by atoms with van der Waals surface area (Å²) in [6.45, 7) is 1.26. The van der Waals surface area contributed by atoms with E-state index >= 15 is 0 Å². The van der Waals surface area contributed by atoms with E-state index in [-0.39, 0.29) is 11.9 Å². The van der Waals surface area contributed by atoms with Crippen molar-refractivity contribution in [3.8, 4) is 0 Å². The van der Waals surface area contributed by atoms with Crippen LogP contribution in [0.15, 0.2) is 0 Å². The molecule has 164 valence electrons. The molecule has 0 bridgehead atoms. The smallest absolute Gasteiger partial charge is 0.322 e. The molecule has 1 saturated heterocycles. The molecule has 0 aliphatic carbocycles. The Balaban J connectivity index is 2.51. The standard InChI is InChI=1S/C17H29N5O6S/c1-10(15(26)20-8-13(23)19-9-14(24)25)21-17(28)12(5-7-29-2)22-16(27)11-4-3-6-18-11/h10-12,18H,3-9H2,1-2H3,(H,19,23)(H,20,26)(H,21,28)(H,22,27)(H,24,25)/t10-,11-,12-/m0/s1. The van der Waals surface area contributed by atoms with E-state index in [9.17, 15) is 24.0 Å².